The molecule has 1 aliphatic rings. The van der Waals surface area contributed by atoms with Crippen molar-refractivity contribution in [1.82, 2.24) is 24.5 Å². The standard InChI is InChI=1S/C12H15N5O4S/c1-20-10-2-3-11(16-15-10)21-9-4-5-17(7-9)22(18,19)12-6-13-8-14-12/h2-3,6,8-9H,4-5,7H2,1H3,(H,13,14). The topological polar surface area (TPSA) is 110 Å². The maximum Gasteiger partial charge on any atom is 0.260 e. The second kappa shape index (κ2) is 5.89. The van der Waals surface area contributed by atoms with Gasteiger partial charge in [0.05, 0.1) is 26.2 Å². The van der Waals surface area contributed by atoms with E-state index in [2.05, 4.69) is 20.2 Å². The van der Waals surface area contributed by atoms with Gasteiger partial charge in [0.2, 0.25) is 11.8 Å². The molecule has 3 heterocycles. The molecule has 0 amide bonds. The van der Waals surface area contributed by atoms with Crippen LogP contribution in [0, 0.1) is 0 Å². The van der Waals surface area contributed by atoms with E-state index in [1.807, 2.05) is 0 Å². The van der Waals surface area contributed by atoms with Crippen LogP contribution < -0.4 is 9.47 Å². The molecule has 0 bridgehead atoms. The predicted molar refractivity (Wildman–Crippen MR) is 75.0 cm³/mol. The Morgan fingerprint density at radius 3 is 2.73 bits per heavy atom. The summed E-state index contributed by atoms with van der Waals surface area (Å²) in [4.78, 5) is 6.35. The van der Waals surface area contributed by atoms with Crippen LogP contribution in [0.1, 0.15) is 6.42 Å². The normalized spacial score (nSPS) is 19.2. The van der Waals surface area contributed by atoms with E-state index in [9.17, 15) is 8.42 Å². The fourth-order valence-electron chi connectivity index (χ4n) is 2.19. The van der Waals surface area contributed by atoms with Crippen molar-refractivity contribution in [3.63, 3.8) is 0 Å². The molecule has 0 aliphatic carbocycles. The summed E-state index contributed by atoms with van der Waals surface area (Å²) >= 11 is 0. The number of aromatic amines is 1. The molecule has 1 saturated heterocycles. The smallest absolute Gasteiger partial charge is 0.260 e. The quantitative estimate of drug-likeness (QED) is 0.827. The molecule has 1 unspecified atom stereocenters. The van der Waals surface area contributed by atoms with Crippen molar-refractivity contribution in [3.8, 4) is 11.8 Å². The first-order valence-corrected chi connectivity index (χ1v) is 8.06. The monoisotopic (exact) mass is 325 g/mol. The lowest BCUT2D eigenvalue weighted by Gasteiger charge is -2.15. The number of hydrogen-bond donors (Lipinski definition) is 1. The lowest BCUT2D eigenvalue weighted by atomic mass is 10.3. The Morgan fingerprint density at radius 2 is 2.09 bits per heavy atom. The summed E-state index contributed by atoms with van der Waals surface area (Å²) in [5, 5.41) is 7.76. The highest BCUT2D eigenvalue weighted by Crippen LogP contribution is 2.22. The Kier molecular flexibility index (Phi) is 3.94. The highest BCUT2D eigenvalue weighted by Gasteiger charge is 2.34. The number of rotatable bonds is 5. The molecular formula is C12H15N5O4S. The van der Waals surface area contributed by atoms with Gasteiger partial charge in [-0.3, -0.25) is 0 Å². The van der Waals surface area contributed by atoms with Crippen molar-refractivity contribution in [3.05, 3.63) is 24.7 Å². The lowest BCUT2D eigenvalue weighted by molar-refractivity contribution is 0.203. The molecule has 3 rings (SSSR count). The van der Waals surface area contributed by atoms with E-state index < -0.39 is 10.0 Å². The van der Waals surface area contributed by atoms with Crippen LogP contribution in [0.15, 0.2) is 29.7 Å². The highest BCUT2D eigenvalue weighted by molar-refractivity contribution is 7.89. The summed E-state index contributed by atoms with van der Waals surface area (Å²) < 4.78 is 36.6. The van der Waals surface area contributed by atoms with Gasteiger partial charge >= 0.3 is 0 Å². The molecule has 1 atom stereocenters. The van der Waals surface area contributed by atoms with Gasteiger partial charge in [0.15, 0.2) is 5.03 Å². The van der Waals surface area contributed by atoms with Crippen LogP contribution in [-0.4, -0.2) is 59.2 Å². The van der Waals surface area contributed by atoms with E-state index >= 15 is 0 Å². The number of H-pyrrole nitrogens is 1. The summed E-state index contributed by atoms with van der Waals surface area (Å²) in [5.41, 5.74) is 0. The van der Waals surface area contributed by atoms with Gasteiger partial charge in [-0.05, 0) is 6.42 Å². The molecule has 2 aromatic heterocycles. The predicted octanol–water partition coefficient (Wildman–Crippen LogP) is 0.0503. The maximum absolute atomic E-state index is 12.3. The van der Waals surface area contributed by atoms with E-state index in [4.69, 9.17) is 9.47 Å². The zero-order valence-electron chi connectivity index (χ0n) is 11.8. The Hall–Kier alpha value is -2.20. The molecule has 0 saturated carbocycles. The zero-order chi connectivity index (χ0) is 15.6. The summed E-state index contributed by atoms with van der Waals surface area (Å²) in [6, 6.07) is 3.27. The average molecular weight is 325 g/mol. The van der Waals surface area contributed by atoms with E-state index in [0.29, 0.717) is 24.7 Å². The average Bonchev–Trinajstić information content (AvgIpc) is 3.20. The number of nitrogens with zero attached hydrogens (tertiary/aromatic N) is 4. The number of sulfonamides is 1. The fourth-order valence-corrected chi connectivity index (χ4v) is 3.57. The minimum Gasteiger partial charge on any atom is -0.480 e. The summed E-state index contributed by atoms with van der Waals surface area (Å²) in [7, 11) is -2.05. The van der Waals surface area contributed by atoms with Crippen molar-refractivity contribution in [2.24, 2.45) is 0 Å². The van der Waals surface area contributed by atoms with Crippen molar-refractivity contribution >= 4 is 10.0 Å². The van der Waals surface area contributed by atoms with Crippen LogP contribution in [0.3, 0.4) is 0 Å². The third kappa shape index (κ3) is 2.88. The third-order valence-electron chi connectivity index (χ3n) is 3.31. The first kappa shape index (κ1) is 14.7. The number of ether oxygens (including phenoxy) is 2. The van der Waals surface area contributed by atoms with Gasteiger partial charge in [-0.15, -0.1) is 10.2 Å². The molecule has 0 radical (unpaired) electrons. The van der Waals surface area contributed by atoms with Crippen LogP contribution in [0.5, 0.6) is 11.8 Å². The molecule has 1 N–H and O–H groups in total. The molecule has 10 heteroatoms. The molecular weight excluding hydrogens is 310 g/mol. The van der Waals surface area contributed by atoms with Crippen LogP contribution in [0.4, 0.5) is 0 Å². The Labute approximate surface area is 127 Å². The van der Waals surface area contributed by atoms with Gasteiger partial charge in [0.25, 0.3) is 10.0 Å². The Balaban J connectivity index is 1.65. The fraction of sp³-hybridized carbons (Fsp3) is 0.417. The van der Waals surface area contributed by atoms with E-state index in [-0.39, 0.29) is 17.7 Å². The first-order chi connectivity index (χ1) is 10.6. The number of nitrogens with one attached hydrogen (secondary N) is 1. The largest absolute Gasteiger partial charge is 0.480 e. The SMILES string of the molecule is COc1ccc(OC2CCN(S(=O)(=O)c3cnc[nH]3)C2)nn1. The Morgan fingerprint density at radius 1 is 1.32 bits per heavy atom. The maximum atomic E-state index is 12.3. The molecule has 9 nitrogen and oxygen atoms in total. The van der Waals surface area contributed by atoms with E-state index in [1.165, 1.54) is 23.9 Å². The molecule has 1 aliphatic heterocycles. The zero-order valence-corrected chi connectivity index (χ0v) is 12.7. The second-order valence-electron chi connectivity index (χ2n) is 4.72. The van der Waals surface area contributed by atoms with Crippen LogP contribution in [0.2, 0.25) is 0 Å². The van der Waals surface area contributed by atoms with Gasteiger partial charge < -0.3 is 14.5 Å². The lowest BCUT2D eigenvalue weighted by Crippen LogP contribution is -2.31. The molecule has 0 aromatic carbocycles. The van der Waals surface area contributed by atoms with Crippen molar-refractivity contribution in [2.45, 2.75) is 17.6 Å². The third-order valence-corrected chi connectivity index (χ3v) is 5.10. The molecule has 1 fully saturated rings. The number of imidazole rings is 1. The first-order valence-electron chi connectivity index (χ1n) is 6.62. The molecule has 0 spiro atoms. The summed E-state index contributed by atoms with van der Waals surface area (Å²) in [6.45, 7) is 0.644. The minimum absolute atomic E-state index is 0.0809. The second-order valence-corrected chi connectivity index (χ2v) is 6.63. The van der Waals surface area contributed by atoms with E-state index in [0.717, 1.165) is 0 Å². The van der Waals surface area contributed by atoms with Crippen molar-refractivity contribution in [2.75, 3.05) is 20.2 Å². The highest BCUT2D eigenvalue weighted by atomic mass is 32.2. The van der Waals surface area contributed by atoms with Gasteiger partial charge in [-0.2, -0.15) is 4.31 Å². The molecule has 22 heavy (non-hydrogen) atoms. The van der Waals surface area contributed by atoms with E-state index in [1.54, 1.807) is 12.1 Å². The minimum atomic E-state index is -3.55. The number of hydrogen-bond acceptors (Lipinski definition) is 7. The van der Waals surface area contributed by atoms with Crippen LogP contribution in [0.25, 0.3) is 0 Å². The van der Waals surface area contributed by atoms with Gasteiger partial charge in [0, 0.05) is 18.7 Å². The Bertz CT molecular complexity index is 716. The molecule has 118 valence electrons. The van der Waals surface area contributed by atoms with Crippen LogP contribution >= 0.6 is 0 Å². The van der Waals surface area contributed by atoms with Crippen LogP contribution in [-0.2, 0) is 10.0 Å². The number of methoxy groups -OCH3 is 1. The van der Waals surface area contributed by atoms with Crippen molar-refractivity contribution < 1.29 is 17.9 Å². The summed E-state index contributed by atoms with van der Waals surface area (Å²) in [5.74, 6) is 0.730. The van der Waals surface area contributed by atoms with Gasteiger partial charge in [-0.25, -0.2) is 13.4 Å². The summed E-state index contributed by atoms with van der Waals surface area (Å²) in [6.07, 6.45) is 2.95. The van der Waals surface area contributed by atoms with Crippen molar-refractivity contribution in [1.29, 1.82) is 0 Å². The van der Waals surface area contributed by atoms with Gasteiger partial charge in [-0.1, -0.05) is 0 Å². The molecule has 2 aromatic rings. The number of aromatic nitrogens is 4. The van der Waals surface area contributed by atoms with Gasteiger partial charge in [0.1, 0.15) is 6.10 Å².